The van der Waals surface area contributed by atoms with Crippen molar-refractivity contribution in [2.24, 2.45) is 0 Å². The Bertz CT molecular complexity index is 626. The molecule has 0 aliphatic carbocycles. The van der Waals surface area contributed by atoms with Gasteiger partial charge in [0.2, 0.25) is 11.8 Å². The summed E-state index contributed by atoms with van der Waals surface area (Å²) in [7, 11) is 0. The Morgan fingerprint density at radius 3 is 2.23 bits per heavy atom. The van der Waals surface area contributed by atoms with E-state index in [1.807, 2.05) is 26.0 Å². The lowest BCUT2D eigenvalue weighted by Crippen LogP contribution is -2.57. The fourth-order valence-corrected chi connectivity index (χ4v) is 2.19. The van der Waals surface area contributed by atoms with E-state index in [1.165, 1.54) is 0 Å². The topological polar surface area (TPSA) is 99.3 Å². The van der Waals surface area contributed by atoms with Crippen LogP contribution in [-0.2, 0) is 9.59 Å². The highest BCUT2D eigenvalue weighted by atomic mass is 16.2. The molecule has 4 N–H and O–H groups in total. The summed E-state index contributed by atoms with van der Waals surface area (Å²) < 4.78 is 0. The molecule has 0 aliphatic rings. The normalized spacial score (nSPS) is 12.0. The van der Waals surface area contributed by atoms with Crippen LogP contribution in [0, 0.1) is 0 Å². The van der Waals surface area contributed by atoms with E-state index in [9.17, 15) is 14.4 Å². The van der Waals surface area contributed by atoms with Crippen molar-refractivity contribution >= 4 is 23.5 Å². The number of carbonyl (C=O) groups is 3. The first kappa shape index (κ1) is 21.5. The SMILES string of the molecule is CCCNC(=O)NC(C)(C)C(=O)NC(C)c1ccc(NC(=O)CC)cc1. The molecule has 7 heteroatoms. The minimum Gasteiger partial charge on any atom is -0.348 e. The molecule has 0 spiro atoms. The van der Waals surface area contributed by atoms with E-state index in [2.05, 4.69) is 21.3 Å². The molecule has 1 aromatic rings. The van der Waals surface area contributed by atoms with Crippen molar-refractivity contribution in [2.45, 2.75) is 59.0 Å². The second-order valence-corrected chi connectivity index (χ2v) is 6.72. The Morgan fingerprint density at radius 1 is 1.08 bits per heavy atom. The second-order valence-electron chi connectivity index (χ2n) is 6.72. The van der Waals surface area contributed by atoms with Crippen molar-refractivity contribution in [3.05, 3.63) is 29.8 Å². The van der Waals surface area contributed by atoms with E-state index in [0.29, 0.717) is 18.7 Å². The molecule has 1 aromatic carbocycles. The Labute approximate surface area is 155 Å². The van der Waals surface area contributed by atoms with Gasteiger partial charge in [-0.25, -0.2) is 4.79 Å². The predicted octanol–water partition coefficient (Wildman–Crippen LogP) is 2.70. The molecule has 0 bridgehead atoms. The van der Waals surface area contributed by atoms with Crippen LogP contribution in [0.3, 0.4) is 0 Å². The van der Waals surface area contributed by atoms with Crippen LogP contribution in [0.2, 0.25) is 0 Å². The first-order chi connectivity index (χ1) is 12.2. The van der Waals surface area contributed by atoms with Crippen LogP contribution < -0.4 is 21.3 Å². The third kappa shape index (κ3) is 6.74. The molecule has 4 amide bonds. The van der Waals surface area contributed by atoms with Crippen LogP contribution in [0.5, 0.6) is 0 Å². The van der Waals surface area contributed by atoms with Crippen LogP contribution in [0.4, 0.5) is 10.5 Å². The Hall–Kier alpha value is -2.57. The highest BCUT2D eigenvalue weighted by Gasteiger charge is 2.30. The molecule has 0 aliphatic heterocycles. The number of benzene rings is 1. The molecule has 0 saturated carbocycles. The quantitative estimate of drug-likeness (QED) is 0.572. The van der Waals surface area contributed by atoms with Crippen LogP contribution in [0.25, 0.3) is 0 Å². The largest absolute Gasteiger partial charge is 0.348 e. The van der Waals surface area contributed by atoms with Crippen molar-refractivity contribution in [1.82, 2.24) is 16.0 Å². The molecule has 144 valence electrons. The number of hydrogen-bond donors (Lipinski definition) is 4. The summed E-state index contributed by atoms with van der Waals surface area (Å²) in [4.78, 5) is 35.7. The number of amides is 4. The Morgan fingerprint density at radius 2 is 1.69 bits per heavy atom. The fraction of sp³-hybridized carbons (Fsp3) is 0.526. The monoisotopic (exact) mass is 362 g/mol. The standard InChI is InChI=1S/C19H30N4O3/c1-6-12-20-18(26)23-19(4,5)17(25)21-13(3)14-8-10-15(11-9-14)22-16(24)7-2/h8-11,13H,6-7,12H2,1-5H3,(H,21,25)(H,22,24)(H2,20,23,26). The van der Waals surface area contributed by atoms with E-state index < -0.39 is 5.54 Å². The molecule has 0 heterocycles. The average molecular weight is 362 g/mol. The van der Waals surface area contributed by atoms with E-state index in [-0.39, 0.29) is 23.9 Å². The average Bonchev–Trinajstić information content (AvgIpc) is 2.59. The summed E-state index contributed by atoms with van der Waals surface area (Å²) in [6.07, 6.45) is 1.24. The second kappa shape index (κ2) is 9.79. The molecule has 0 saturated heterocycles. The summed E-state index contributed by atoms with van der Waals surface area (Å²) in [6.45, 7) is 9.48. The molecule has 1 atom stereocenters. The minimum atomic E-state index is -1.04. The maximum absolute atomic E-state index is 12.5. The molecule has 26 heavy (non-hydrogen) atoms. The highest BCUT2D eigenvalue weighted by molar-refractivity contribution is 5.91. The molecule has 0 fully saturated rings. The van der Waals surface area contributed by atoms with Gasteiger partial charge in [-0.05, 0) is 44.9 Å². The summed E-state index contributed by atoms with van der Waals surface area (Å²) >= 11 is 0. The van der Waals surface area contributed by atoms with Gasteiger partial charge < -0.3 is 21.3 Å². The van der Waals surface area contributed by atoms with Crippen LogP contribution in [-0.4, -0.2) is 29.9 Å². The summed E-state index contributed by atoms with van der Waals surface area (Å²) in [6, 6.07) is 6.70. The minimum absolute atomic E-state index is 0.0479. The van der Waals surface area contributed by atoms with Crippen molar-refractivity contribution < 1.29 is 14.4 Å². The lowest BCUT2D eigenvalue weighted by molar-refractivity contribution is -0.126. The van der Waals surface area contributed by atoms with E-state index in [4.69, 9.17) is 0 Å². The number of carbonyl (C=O) groups excluding carboxylic acids is 3. The van der Waals surface area contributed by atoms with Gasteiger partial charge >= 0.3 is 6.03 Å². The van der Waals surface area contributed by atoms with Gasteiger partial charge in [-0.15, -0.1) is 0 Å². The van der Waals surface area contributed by atoms with Crippen molar-refractivity contribution in [2.75, 3.05) is 11.9 Å². The maximum Gasteiger partial charge on any atom is 0.315 e. The van der Waals surface area contributed by atoms with Crippen LogP contribution in [0.15, 0.2) is 24.3 Å². The smallest absolute Gasteiger partial charge is 0.315 e. The van der Waals surface area contributed by atoms with Crippen LogP contribution in [0.1, 0.15) is 59.1 Å². The number of rotatable bonds is 8. The van der Waals surface area contributed by atoms with Crippen molar-refractivity contribution in [3.8, 4) is 0 Å². The lowest BCUT2D eigenvalue weighted by atomic mass is 10.0. The predicted molar refractivity (Wildman–Crippen MR) is 103 cm³/mol. The number of nitrogens with one attached hydrogen (secondary N) is 4. The first-order valence-electron chi connectivity index (χ1n) is 8.96. The first-order valence-corrected chi connectivity index (χ1v) is 8.96. The zero-order chi connectivity index (χ0) is 19.7. The zero-order valence-corrected chi connectivity index (χ0v) is 16.2. The number of anilines is 1. The van der Waals surface area contributed by atoms with Gasteiger partial charge in [0, 0.05) is 18.7 Å². The summed E-state index contributed by atoms with van der Waals surface area (Å²) in [5, 5.41) is 11.0. The van der Waals surface area contributed by atoms with Gasteiger partial charge in [-0.1, -0.05) is 26.0 Å². The highest BCUT2D eigenvalue weighted by Crippen LogP contribution is 2.17. The molecule has 0 aromatic heterocycles. The summed E-state index contributed by atoms with van der Waals surface area (Å²) in [5.41, 5.74) is 0.578. The molecule has 7 nitrogen and oxygen atoms in total. The third-order valence-electron chi connectivity index (χ3n) is 3.89. The molecular weight excluding hydrogens is 332 g/mol. The molecule has 1 unspecified atom stereocenters. The van der Waals surface area contributed by atoms with E-state index >= 15 is 0 Å². The van der Waals surface area contributed by atoms with Gasteiger partial charge in [0.25, 0.3) is 0 Å². The molecule has 1 rings (SSSR count). The third-order valence-corrected chi connectivity index (χ3v) is 3.89. The van der Waals surface area contributed by atoms with Gasteiger partial charge in [0.05, 0.1) is 6.04 Å². The molecular formula is C19H30N4O3. The van der Waals surface area contributed by atoms with Crippen molar-refractivity contribution in [1.29, 1.82) is 0 Å². The van der Waals surface area contributed by atoms with Crippen LogP contribution >= 0.6 is 0 Å². The molecule has 0 radical (unpaired) electrons. The van der Waals surface area contributed by atoms with Gasteiger partial charge in [-0.3, -0.25) is 9.59 Å². The van der Waals surface area contributed by atoms with Crippen molar-refractivity contribution in [3.63, 3.8) is 0 Å². The fourth-order valence-electron chi connectivity index (χ4n) is 2.19. The Balaban J connectivity index is 2.64. The summed E-state index contributed by atoms with van der Waals surface area (Å²) in [5.74, 6) is -0.326. The van der Waals surface area contributed by atoms with Gasteiger partial charge in [-0.2, -0.15) is 0 Å². The maximum atomic E-state index is 12.5. The Kier molecular flexibility index (Phi) is 8.09. The van der Waals surface area contributed by atoms with Gasteiger partial charge in [0.15, 0.2) is 0 Å². The van der Waals surface area contributed by atoms with E-state index in [0.717, 1.165) is 12.0 Å². The zero-order valence-electron chi connectivity index (χ0n) is 16.2. The number of urea groups is 1. The lowest BCUT2D eigenvalue weighted by Gasteiger charge is -2.27. The number of hydrogen-bond acceptors (Lipinski definition) is 3. The van der Waals surface area contributed by atoms with E-state index in [1.54, 1.807) is 32.9 Å². The van der Waals surface area contributed by atoms with Gasteiger partial charge in [0.1, 0.15) is 5.54 Å².